The Hall–Kier alpha value is -2.11. The van der Waals surface area contributed by atoms with Crippen LogP contribution in [0.5, 0.6) is 0 Å². The van der Waals surface area contributed by atoms with Crippen molar-refractivity contribution in [3.63, 3.8) is 0 Å². The zero-order valence-electron chi connectivity index (χ0n) is 10.8. The molecule has 1 aromatic rings. The van der Waals surface area contributed by atoms with Crippen LogP contribution in [0.4, 0.5) is 5.82 Å². The average Bonchev–Trinajstić information content (AvgIpc) is 2.92. The fourth-order valence-corrected chi connectivity index (χ4v) is 2.10. The van der Waals surface area contributed by atoms with Crippen LogP contribution in [0.2, 0.25) is 0 Å². The number of anilines is 1. The molecule has 1 atom stereocenters. The summed E-state index contributed by atoms with van der Waals surface area (Å²) in [6.45, 7) is 3.42. The Labute approximate surface area is 111 Å². The Balaban J connectivity index is 1.96. The molecule has 0 aliphatic carbocycles. The number of carbonyl (C=O) groups is 2. The number of carboxylic acid groups (broad SMARTS) is 1. The minimum Gasteiger partial charge on any atom is -0.478 e. The Morgan fingerprint density at radius 3 is 2.58 bits per heavy atom. The Morgan fingerprint density at radius 1 is 1.37 bits per heavy atom. The smallest absolute Gasteiger partial charge is 0.337 e. The maximum absolute atomic E-state index is 12.1. The summed E-state index contributed by atoms with van der Waals surface area (Å²) in [4.78, 5) is 28.6. The first-order chi connectivity index (χ1) is 9.08. The predicted octanol–water partition coefficient (Wildman–Crippen LogP) is 1.20. The van der Waals surface area contributed by atoms with E-state index >= 15 is 0 Å². The normalized spacial score (nSPS) is 16.2. The topological polar surface area (TPSA) is 82.5 Å². The summed E-state index contributed by atoms with van der Waals surface area (Å²) in [7, 11) is 0. The van der Waals surface area contributed by atoms with Crippen molar-refractivity contribution in [3.8, 4) is 0 Å². The maximum Gasteiger partial charge on any atom is 0.337 e. The second kappa shape index (κ2) is 5.69. The van der Waals surface area contributed by atoms with Crippen LogP contribution in [0.25, 0.3) is 0 Å². The lowest BCUT2D eigenvalue weighted by Gasteiger charge is -2.21. The molecule has 1 fully saturated rings. The van der Waals surface area contributed by atoms with E-state index in [1.165, 1.54) is 12.3 Å². The molecule has 1 unspecified atom stereocenters. The van der Waals surface area contributed by atoms with E-state index in [2.05, 4.69) is 10.3 Å². The molecule has 0 spiro atoms. The quantitative estimate of drug-likeness (QED) is 0.853. The lowest BCUT2D eigenvalue weighted by Crippen LogP contribution is -2.39. The van der Waals surface area contributed by atoms with Crippen LogP contribution in [-0.2, 0) is 4.79 Å². The highest BCUT2D eigenvalue weighted by Crippen LogP contribution is 2.12. The predicted molar refractivity (Wildman–Crippen MR) is 70.1 cm³/mol. The highest BCUT2D eigenvalue weighted by atomic mass is 16.4. The largest absolute Gasteiger partial charge is 0.478 e. The molecule has 2 heterocycles. The zero-order valence-corrected chi connectivity index (χ0v) is 10.8. The number of hydrogen-bond acceptors (Lipinski definition) is 4. The van der Waals surface area contributed by atoms with E-state index in [4.69, 9.17) is 5.11 Å². The molecule has 1 aromatic heterocycles. The number of amides is 1. The molecule has 0 aromatic carbocycles. The minimum atomic E-state index is -1.01. The fraction of sp³-hybridized carbons (Fsp3) is 0.462. The van der Waals surface area contributed by atoms with Crippen molar-refractivity contribution in [3.05, 3.63) is 23.9 Å². The minimum absolute atomic E-state index is 0.0570. The van der Waals surface area contributed by atoms with Crippen molar-refractivity contribution < 1.29 is 14.7 Å². The molecule has 6 nitrogen and oxygen atoms in total. The van der Waals surface area contributed by atoms with Crippen LogP contribution in [0.15, 0.2) is 18.3 Å². The number of hydrogen-bond donors (Lipinski definition) is 2. The number of aromatic carboxylic acids is 1. The van der Waals surface area contributed by atoms with Gasteiger partial charge in [-0.05, 0) is 31.9 Å². The molecule has 1 saturated heterocycles. The molecule has 2 N–H and O–H groups in total. The molecule has 0 saturated carbocycles. The molecule has 6 heteroatoms. The first kappa shape index (κ1) is 13.3. The Kier molecular flexibility index (Phi) is 3.99. The third-order valence-electron chi connectivity index (χ3n) is 3.16. The van der Waals surface area contributed by atoms with Gasteiger partial charge in [0.1, 0.15) is 11.9 Å². The molecular formula is C13H17N3O3. The van der Waals surface area contributed by atoms with Gasteiger partial charge in [0.05, 0.1) is 5.56 Å². The molecule has 1 aliphatic heterocycles. The van der Waals surface area contributed by atoms with Crippen molar-refractivity contribution >= 4 is 17.7 Å². The summed E-state index contributed by atoms with van der Waals surface area (Å²) in [5, 5.41) is 11.8. The molecule has 1 aliphatic rings. The first-order valence-electron chi connectivity index (χ1n) is 6.32. The van der Waals surface area contributed by atoms with E-state index in [0.717, 1.165) is 25.9 Å². The van der Waals surface area contributed by atoms with Gasteiger partial charge in [-0.1, -0.05) is 0 Å². The Bertz CT molecular complexity index is 467. The molecule has 19 heavy (non-hydrogen) atoms. The Morgan fingerprint density at radius 2 is 2.05 bits per heavy atom. The standard InChI is InChI=1S/C13H17N3O3/c1-9(12(17)16-6-2-3-7-16)15-11-5-4-10(8-14-11)13(18)19/h4-5,8-9H,2-3,6-7H2,1H3,(H,14,15)(H,18,19). The SMILES string of the molecule is CC(Nc1ccc(C(=O)O)cn1)C(=O)N1CCCC1. The fourth-order valence-electron chi connectivity index (χ4n) is 2.10. The lowest BCUT2D eigenvalue weighted by atomic mass is 10.2. The molecule has 0 radical (unpaired) electrons. The van der Waals surface area contributed by atoms with Crippen LogP contribution in [0.3, 0.4) is 0 Å². The van der Waals surface area contributed by atoms with Crippen LogP contribution < -0.4 is 5.32 Å². The van der Waals surface area contributed by atoms with Gasteiger partial charge in [0.15, 0.2) is 0 Å². The van der Waals surface area contributed by atoms with E-state index in [9.17, 15) is 9.59 Å². The van der Waals surface area contributed by atoms with E-state index in [0.29, 0.717) is 5.82 Å². The van der Waals surface area contributed by atoms with E-state index < -0.39 is 5.97 Å². The lowest BCUT2D eigenvalue weighted by molar-refractivity contribution is -0.130. The number of likely N-dealkylation sites (tertiary alicyclic amines) is 1. The van der Waals surface area contributed by atoms with Gasteiger partial charge in [0, 0.05) is 19.3 Å². The van der Waals surface area contributed by atoms with Crippen molar-refractivity contribution in [1.82, 2.24) is 9.88 Å². The van der Waals surface area contributed by atoms with Crippen molar-refractivity contribution in [2.75, 3.05) is 18.4 Å². The third-order valence-corrected chi connectivity index (χ3v) is 3.16. The molecule has 102 valence electrons. The highest BCUT2D eigenvalue weighted by Gasteiger charge is 2.23. The van der Waals surface area contributed by atoms with Crippen molar-refractivity contribution in [2.45, 2.75) is 25.8 Å². The summed E-state index contributed by atoms with van der Waals surface area (Å²) in [6.07, 6.45) is 3.39. The third kappa shape index (κ3) is 3.21. The van der Waals surface area contributed by atoms with Crippen LogP contribution in [-0.4, -0.2) is 46.0 Å². The van der Waals surface area contributed by atoms with Gasteiger partial charge < -0.3 is 15.3 Å². The molecule has 2 rings (SSSR count). The average molecular weight is 263 g/mol. The van der Waals surface area contributed by atoms with Gasteiger partial charge in [-0.3, -0.25) is 4.79 Å². The van der Waals surface area contributed by atoms with Crippen LogP contribution in [0, 0.1) is 0 Å². The highest BCUT2D eigenvalue weighted by molar-refractivity contribution is 5.87. The number of carboxylic acids is 1. The van der Waals surface area contributed by atoms with Gasteiger partial charge in [-0.15, -0.1) is 0 Å². The van der Waals surface area contributed by atoms with E-state index in [-0.39, 0.29) is 17.5 Å². The van der Waals surface area contributed by atoms with Gasteiger partial charge in [0.25, 0.3) is 0 Å². The van der Waals surface area contributed by atoms with Gasteiger partial charge >= 0.3 is 5.97 Å². The van der Waals surface area contributed by atoms with Gasteiger partial charge in [0.2, 0.25) is 5.91 Å². The monoisotopic (exact) mass is 263 g/mol. The number of nitrogens with zero attached hydrogens (tertiary/aromatic N) is 2. The summed E-state index contributed by atoms with van der Waals surface area (Å²) in [5.74, 6) is -0.452. The number of aromatic nitrogens is 1. The number of nitrogens with one attached hydrogen (secondary N) is 1. The first-order valence-corrected chi connectivity index (χ1v) is 6.32. The maximum atomic E-state index is 12.1. The van der Waals surface area contributed by atoms with Crippen LogP contribution >= 0.6 is 0 Å². The van der Waals surface area contributed by atoms with E-state index in [1.807, 2.05) is 4.90 Å². The summed E-state index contributed by atoms with van der Waals surface area (Å²) in [5.41, 5.74) is 0.129. The zero-order chi connectivity index (χ0) is 13.8. The van der Waals surface area contributed by atoms with Gasteiger partial charge in [-0.2, -0.15) is 0 Å². The number of carbonyl (C=O) groups excluding carboxylic acids is 1. The number of rotatable bonds is 4. The van der Waals surface area contributed by atoms with Crippen LogP contribution in [0.1, 0.15) is 30.1 Å². The van der Waals surface area contributed by atoms with Gasteiger partial charge in [-0.25, -0.2) is 9.78 Å². The number of pyridine rings is 1. The van der Waals surface area contributed by atoms with Crippen molar-refractivity contribution in [2.24, 2.45) is 0 Å². The summed E-state index contributed by atoms with van der Waals surface area (Å²) in [6, 6.07) is 2.67. The molecule has 0 bridgehead atoms. The summed E-state index contributed by atoms with van der Waals surface area (Å²) >= 11 is 0. The summed E-state index contributed by atoms with van der Waals surface area (Å²) < 4.78 is 0. The van der Waals surface area contributed by atoms with Crippen molar-refractivity contribution in [1.29, 1.82) is 0 Å². The van der Waals surface area contributed by atoms with E-state index in [1.54, 1.807) is 13.0 Å². The second-order valence-electron chi connectivity index (χ2n) is 4.64. The molecule has 1 amide bonds. The second-order valence-corrected chi connectivity index (χ2v) is 4.64. The molecular weight excluding hydrogens is 246 g/mol.